The molecule has 246 valence electrons. The van der Waals surface area contributed by atoms with Gasteiger partial charge in [0.15, 0.2) is 29.6 Å². The molecule has 1 amide bonds. The second kappa shape index (κ2) is 14.6. The number of rotatable bonds is 10. The molecule has 0 aliphatic carbocycles. The Bertz CT molecular complexity index is 1730. The molecular formula is C34H28F5NO6S. The van der Waals surface area contributed by atoms with Crippen molar-refractivity contribution in [1.82, 2.24) is 5.32 Å². The summed E-state index contributed by atoms with van der Waals surface area (Å²) in [5, 5.41) is 20.8. The standard InChI is InChI=1S/C34H28F5NO6S/c1-17-24(16-47-23-12-10-21(11-13-23)33(43)44)45-34(46-31(17)20-6-4-19(15-41)5-7-20)22-8-2-18(3-9-22)14-40-32(42)25-26(35)28(37)30(39)29(38)27(25)36/h2-13,17,24,31,34,41H,14-16H2,1H3,(H,40,42)(H,43,44)/t17-,24+,31+,34+/m1/s1. The fourth-order valence-electron chi connectivity index (χ4n) is 5.05. The minimum atomic E-state index is -2.35. The zero-order valence-electron chi connectivity index (χ0n) is 24.7. The third kappa shape index (κ3) is 7.49. The molecule has 1 heterocycles. The number of aromatic carboxylic acids is 1. The molecule has 1 aliphatic heterocycles. The summed E-state index contributed by atoms with van der Waals surface area (Å²) in [4.78, 5) is 24.4. The number of benzene rings is 4. The highest BCUT2D eigenvalue weighted by Gasteiger charge is 2.38. The molecule has 1 saturated heterocycles. The predicted octanol–water partition coefficient (Wildman–Crippen LogP) is 7.09. The Labute approximate surface area is 270 Å². The van der Waals surface area contributed by atoms with E-state index >= 15 is 0 Å². The summed E-state index contributed by atoms with van der Waals surface area (Å²) in [6, 6.07) is 20.4. The first-order chi connectivity index (χ1) is 22.5. The second-order valence-corrected chi connectivity index (χ2v) is 11.9. The lowest BCUT2D eigenvalue weighted by Gasteiger charge is -2.41. The van der Waals surface area contributed by atoms with Crippen molar-refractivity contribution in [2.24, 2.45) is 5.92 Å². The number of hydrogen-bond donors (Lipinski definition) is 3. The summed E-state index contributed by atoms with van der Waals surface area (Å²) >= 11 is 1.50. The zero-order valence-corrected chi connectivity index (χ0v) is 25.5. The van der Waals surface area contributed by atoms with Crippen molar-refractivity contribution in [2.75, 3.05) is 5.75 Å². The molecule has 0 aromatic heterocycles. The van der Waals surface area contributed by atoms with Gasteiger partial charge in [0.1, 0.15) is 5.56 Å². The third-order valence-corrected chi connectivity index (χ3v) is 8.88. The van der Waals surface area contributed by atoms with E-state index in [9.17, 15) is 41.8 Å². The topological polar surface area (TPSA) is 105 Å². The number of hydrogen-bond acceptors (Lipinski definition) is 6. The van der Waals surface area contributed by atoms with Gasteiger partial charge in [0.05, 0.1) is 24.4 Å². The number of amides is 1. The van der Waals surface area contributed by atoms with Crippen LogP contribution in [0.25, 0.3) is 0 Å². The van der Waals surface area contributed by atoms with Crippen LogP contribution in [0, 0.1) is 35.0 Å². The average Bonchev–Trinajstić information content (AvgIpc) is 3.09. The quantitative estimate of drug-likeness (QED) is 0.0715. The van der Waals surface area contributed by atoms with Crippen LogP contribution in [-0.4, -0.2) is 33.9 Å². The molecule has 3 N–H and O–H groups in total. The molecule has 47 heavy (non-hydrogen) atoms. The monoisotopic (exact) mass is 673 g/mol. The maximum absolute atomic E-state index is 14.0. The van der Waals surface area contributed by atoms with E-state index in [1.54, 1.807) is 48.5 Å². The van der Waals surface area contributed by atoms with E-state index in [4.69, 9.17) is 9.47 Å². The maximum atomic E-state index is 14.0. The van der Waals surface area contributed by atoms with Crippen molar-refractivity contribution < 1.29 is 51.2 Å². The van der Waals surface area contributed by atoms with Crippen molar-refractivity contribution in [3.63, 3.8) is 0 Å². The molecule has 5 rings (SSSR count). The first kappa shape index (κ1) is 34.0. The van der Waals surface area contributed by atoms with Gasteiger partial charge in [-0.2, -0.15) is 0 Å². The lowest BCUT2D eigenvalue weighted by Crippen LogP contribution is -2.38. The lowest BCUT2D eigenvalue weighted by molar-refractivity contribution is -0.268. The van der Waals surface area contributed by atoms with Gasteiger partial charge < -0.3 is 25.0 Å². The largest absolute Gasteiger partial charge is 0.478 e. The lowest BCUT2D eigenvalue weighted by atomic mass is 9.91. The van der Waals surface area contributed by atoms with Gasteiger partial charge in [-0.3, -0.25) is 4.79 Å². The third-order valence-electron chi connectivity index (χ3n) is 7.78. The molecule has 4 atom stereocenters. The first-order valence-corrected chi connectivity index (χ1v) is 15.3. The Hall–Kier alpha value is -4.30. The first-order valence-electron chi connectivity index (χ1n) is 14.3. The molecule has 4 aromatic rings. The highest BCUT2D eigenvalue weighted by molar-refractivity contribution is 7.99. The zero-order chi connectivity index (χ0) is 33.8. The summed E-state index contributed by atoms with van der Waals surface area (Å²) in [5.74, 6) is -13.3. The summed E-state index contributed by atoms with van der Waals surface area (Å²) < 4.78 is 81.3. The number of carboxylic acids is 1. The van der Waals surface area contributed by atoms with Crippen LogP contribution in [0.15, 0.2) is 77.7 Å². The molecule has 0 radical (unpaired) electrons. The molecule has 13 heteroatoms. The number of thioether (sulfide) groups is 1. The van der Waals surface area contributed by atoms with Crippen LogP contribution in [0.3, 0.4) is 0 Å². The highest BCUT2D eigenvalue weighted by Crippen LogP contribution is 2.43. The summed E-state index contributed by atoms with van der Waals surface area (Å²) in [7, 11) is 0. The van der Waals surface area contributed by atoms with E-state index in [1.165, 1.54) is 23.9 Å². The van der Waals surface area contributed by atoms with Gasteiger partial charge in [0.2, 0.25) is 5.82 Å². The van der Waals surface area contributed by atoms with Gasteiger partial charge in [-0.25, -0.2) is 26.7 Å². The molecule has 0 bridgehead atoms. The van der Waals surface area contributed by atoms with E-state index < -0.39 is 58.9 Å². The van der Waals surface area contributed by atoms with Gasteiger partial charge in [0.25, 0.3) is 5.91 Å². The minimum absolute atomic E-state index is 0.110. The Morgan fingerprint density at radius 3 is 1.89 bits per heavy atom. The highest BCUT2D eigenvalue weighted by atomic mass is 32.2. The maximum Gasteiger partial charge on any atom is 0.335 e. The fraction of sp³-hybridized carbons (Fsp3) is 0.235. The van der Waals surface area contributed by atoms with E-state index in [2.05, 4.69) is 5.32 Å². The SMILES string of the molecule is C[C@@H]1[C@H](CSc2ccc(C(=O)O)cc2)O[C@H](c2ccc(CNC(=O)c3c(F)c(F)c(F)c(F)c3F)cc2)O[C@@H]1c1ccc(CO)cc1. The molecule has 7 nitrogen and oxygen atoms in total. The second-order valence-electron chi connectivity index (χ2n) is 10.8. The number of aliphatic hydroxyl groups excluding tert-OH is 1. The summed E-state index contributed by atoms with van der Waals surface area (Å²) in [6.45, 7) is 1.61. The molecule has 1 aliphatic rings. The Balaban J connectivity index is 1.31. The summed E-state index contributed by atoms with van der Waals surface area (Å²) in [6.07, 6.45) is -1.55. The van der Waals surface area contributed by atoms with Crippen LogP contribution in [0.4, 0.5) is 22.0 Å². The van der Waals surface area contributed by atoms with Crippen molar-refractivity contribution in [3.8, 4) is 0 Å². The van der Waals surface area contributed by atoms with E-state index in [-0.39, 0.29) is 30.7 Å². The van der Waals surface area contributed by atoms with Gasteiger partial charge >= 0.3 is 5.97 Å². The van der Waals surface area contributed by atoms with Crippen molar-refractivity contribution in [2.45, 2.75) is 43.5 Å². The Morgan fingerprint density at radius 1 is 0.766 bits per heavy atom. The summed E-state index contributed by atoms with van der Waals surface area (Å²) in [5.41, 5.74) is 1.29. The number of halogens is 5. The molecular weight excluding hydrogens is 645 g/mol. The molecule has 1 fully saturated rings. The van der Waals surface area contributed by atoms with E-state index in [0.717, 1.165) is 16.0 Å². The molecule has 0 saturated carbocycles. The molecule has 0 unspecified atom stereocenters. The fourth-order valence-corrected chi connectivity index (χ4v) is 6.12. The van der Waals surface area contributed by atoms with Crippen LogP contribution in [0.2, 0.25) is 0 Å². The van der Waals surface area contributed by atoms with E-state index in [1.807, 2.05) is 19.1 Å². The van der Waals surface area contributed by atoms with Crippen molar-refractivity contribution >= 4 is 23.6 Å². The van der Waals surface area contributed by atoms with E-state index in [0.29, 0.717) is 16.9 Å². The van der Waals surface area contributed by atoms with Gasteiger partial charge in [-0.1, -0.05) is 55.5 Å². The number of carboxylic acid groups (broad SMARTS) is 1. The molecule has 4 aromatic carbocycles. The van der Waals surface area contributed by atoms with Crippen LogP contribution in [-0.2, 0) is 22.6 Å². The van der Waals surface area contributed by atoms with Gasteiger partial charge in [-0.05, 0) is 41.0 Å². The van der Waals surface area contributed by atoms with Gasteiger partial charge in [0, 0.05) is 28.7 Å². The molecule has 0 spiro atoms. The number of carbonyl (C=O) groups is 2. The number of nitrogens with one attached hydrogen (secondary N) is 1. The normalized spacial score (nSPS) is 19.4. The number of aliphatic hydroxyl groups is 1. The van der Waals surface area contributed by atoms with Crippen molar-refractivity contribution in [3.05, 3.63) is 135 Å². The number of ether oxygens (including phenoxy) is 2. The minimum Gasteiger partial charge on any atom is -0.478 e. The van der Waals surface area contributed by atoms with Crippen LogP contribution < -0.4 is 5.32 Å². The van der Waals surface area contributed by atoms with Gasteiger partial charge in [-0.15, -0.1) is 11.8 Å². The van der Waals surface area contributed by atoms with Crippen LogP contribution in [0.5, 0.6) is 0 Å². The average molecular weight is 674 g/mol. The van der Waals surface area contributed by atoms with Crippen LogP contribution in [0.1, 0.15) is 62.3 Å². The Morgan fingerprint density at radius 2 is 1.32 bits per heavy atom. The number of carbonyl (C=O) groups excluding carboxylic acids is 1. The van der Waals surface area contributed by atoms with Crippen molar-refractivity contribution in [1.29, 1.82) is 0 Å². The smallest absolute Gasteiger partial charge is 0.335 e. The predicted molar refractivity (Wildman–Crippen MR) is 161 cm³/mol. The Kier molecular flexibility index (Phi) is 10.6. The van der Waals surface area contributed by atoms with Crippen LogP contribution >= 0.6 is 11.8 Å².